The summed E-state index contributed by atoms with van der Waals surface area (Å²) in [7, 11) is 1.63. The molecule has 0 bridgehead atoms. The van der Waals surface area contributed by atoms with Crippen LogP contribution in [0.25, 0.3) is 10.8 Å². The summed E-state index contributed by atoms with van der Waals surface area (Å²) < 4.78 is 5.16. The van der Waals surface area contributed by atoms with Crippen LogP contribution in [0.15, 0.2) is 36.4 Å². The zero-order chi connectivity index (χ0) is 13.1. The number of rotatable bonds is 4. The number of benzene rings is 2. The van der Waals surface area contributed by atoms with Crippen LogP contribution in [0.2, 0.25) is 0 Å². The molecule has 0 fully saturated rings. The van der Waals surface area contributed by atoms with Gasteiger partial charge in [0.2, 0.25) is 0 Å². The first kappa shape index (κ1) is 12.8. The number of carbonyl (C=O) groups is 1. The van der Waals surface area contributed by atoms with Crippen molar-refractivity contribution in [1.29, 1.82) is 0 Å². The molecular formula is C14H14O3S. The van der Waals surface area contributed by atoms with E-state index in [-0.39, 0.29) is 0 Å². The highest BCUT2D eigenvalue weighted by Crippen LogP contribution is 2.30. The van der Waals surface area contributed by atoms with E-state index >= 15 is 0 Å². The summed E-state index contributed by atoms with van der Waals surface area (Å²) in [5, 5.41) is 10.7. The van der Waals surface area contributed by atoms with E-state index in [2.05, 4.69) is 0 Å². The highest BCUT2D eigenvalue weighted by molar-refractivity contribution is 7.99. The molecule has 2 aromatic carbocycles. The van der Waals surface area contributed by atoms with Crippen molar-refractivity contribution < 1.29 is 14.6 Å². The molecule has 1 atom stereocenters. The predicted octanol–water partition coefficient (Wildman–Crippen LogP) is 3.34. The lowest BCUT2D eigenvalue weighted by atomic mass is 10.0. The van der Waals surface area contributed by atoms with Crippen LogP contribution in [0.1, 0.15) is 10.8 Å². The van der Waals surface area contributed by atoms with Gasteiger partial charge in [-0.05, 0) is 40.8 Å². The number of hydrogen-bond acceptors (Lipinski definition) is 3. The Hall–Kier alpha value is -1.68. The van der Waals surface area contributed by atoms with Gasteiger partial charge < -0.3 is 9.84 Å². The molecule has 0 saturated carbocycles. The quantitative estimate of drug-likeness (QED) is 0.918. The lowest BCUT2D eigenvalue weighted by Gasteiger charge is -2.11. The normalized spacial score (nSPS) is 12.3. The summed E-state index contributed by atoms with van der Waals surface area (Å²) in [5.74, 6) is -0.00902. The Balaban J connectivity index is 2.47. The van der Waals surface area contributed by atoms with Crippen molar-refractivity contribution in [3.05, 3.63) is 42.0 Å². The van der Waals surface area contributed by atoms with Crippen LogP contribution < -0.4 is 4.74 Å². The molecule has 1 unspecified atom stereocenters. The molecule has 4 heteroatoms. The summed E-state index contributed by atoms with van der Waals surface area (Å²) in [6.07, 6.45) is 1.80. The van der Waals surface area contributed by atoms with Crippen molar-refractivity contribution in [2.45, 2.75) is 5.25 Å². The average Bonchev–Trinajstić information content (AvgIpc) is 2.38. The summed E-state index contributed by atoms with van der Waals surface area (Å²) in [6.45, 7) is 0. The Kier molecular flexibility index (Phi) is 3.77. The molecule has 0 aromatic heterocycles. The van der Waals surface area contributed by atoms with E-state index in [0.29, 0.717) is 0 Å². The fourth-order valence-corrected chi connectivity index (χ4v) is 2.53. The fourth-order valence-electron chi connectivity index (χ4n) is 1.91. The molecule has 0 heterocycles. The molecule has 2 rings (SSSR count). The number of hydrogen-bond donors (Lipinski definition) is 1. The van der Waals surface area contributed by atoms with Crippen LogP contribution in [0.3, 0.4) is 0 Å². The molecule has 2 aromatic rings. The third-order valence-corrected chi connectivity index (χ3v) is 3.78. The molecule has 0 aliphatic carbocycles. The van der Waals surface area contributed by atoms with Crippen molar-refractivity contribution >= 4 is 28.5 Å². The van der Waals surface area contributed by atoms with Crippen LogP contribution in [0.5, 0.6) is 5.75 Å². The van der Waals surface area contributed by atoms with Crippen molar-refractivity contribution in [3.8, 4) is 5.75 Å². The van der Waals surface area contributed by atoms with E-state index in [1.807, 2.05) is 36.4 Å². The van der Waals surface area contributed by atoms with E-state index < -0.39 is 11.2 Å². The maximum absolute atomic E-state index is 11.1. The number of carboxylic acids is 1. The number of fused-ring (bicyclic) bond motifs is 1. The Morgan fingerprint density at radius 1 is 1.22 bits per heavy atom. The summed E-state index contributed by atoms with van der Waals surface area (Å²) in [5.41, 5.74) is 0.813. The monoisotopic (exact) mass is 262 g/mol. The molecule has 0 radical (unpaired) electrons. The van der Waals surface area contributed by atoms with E-state index in [9.17, 15) is 4.79 Å². The van der Waals surface area contributed by atoms with Crippen molar-refractivity contribution in [2.75, 3.05) is 13.4 Å². The number of aliphatic carboxylic acids is 1. The minimum absolute atomic E-state index is 0.517. The van der Waals surface area contributed by atoms with Gasteiger partial charge in [0.1, 0.15) is 11.0 Å². The predicted molar refractivity (Wildman–Crippen MR) is 74.4 cm³/mol. The van der Waals surface area contributed by atoms with E-state index in [1.54, 1.807) is 13.4 Å². The van der Waals surface area contributed by atoms with Gasteiger partial charge in [0.05, 0.1) is 7.11 Å². The average molecular weight is 262 g/mol. The molecule has 0 saturated heterocycles. The molecule has 0 spiro atoms. The van der Waals surface area contributed by atoms with Gasteiger partial charge in [0, 0.05) is 0 Å². The summed E-state index contributed by atoms with van der Waals surface area (Å²) in [4.78, 5) is 11.1. The Morgan fingerprint density at radius 2 is 1.89 bits per heavy atom. The smallest absolute Gasteiger partial charge is 0.321 e. The zero-order valence-electron chi connectivity index (χ0n) is 10.2. The van der Waals surface area contributed by atoms with Crippen LogP contribution in [-0.4, -0.2) is 24.4 Å². The van der Waals surface area contributed by atoms with Crippen molar-refractivity contribution in [2.24, 2.45) is 0 Å². The second-order valence-electron chi connectivity index (χ2n) is 3.93. The Bertz CT molecular complexity index is 580. The third-order valence-electron chi connectivity index (χ3n) is 2.83. The zero-order valence-corrected chi connectivity index (χ0v) is 11.0. The van der Waals surface area contributed by atoms with Crippen LogP contribution >= 0.6 is 11.8 Å². The summed E-state index contributed by atoms with van der Waals surface area (Å²) in [6, 6.07) is 11.5. The first-order chi connectivity index (χ1) is 8.65. The number of ether oxygens (including phenoxy) is 1. The van der Waals surface area contributed by atoms with Crippen LogP contribution in [0, 0.1) is 0 Å². The first-order valence-electron chi connectivity index (χ1n) is 5.49. The van der Waals surface area contributed by atoms with E-state index in [1.165, 1.54) is 11.8 Å². The lowest BCUT2D eigenvalue weighted by molar-refractivity contribution is -0.136. The number of thioether (sulfide) groups is 1. The number of methoxy groups -OCH3 is 1. The number of carboxylic acid groups (broad SMARTS) is 1. The molecule has 3 nitrogen and oxygen atoms in total. The molecule has 0 amide bonds. The minimum Gasteiger partial charge on any atom is -0.497 e. The lowest BCUT2D eigenvalue weighted by Crippen LogP contribution is -2.07. The maximum Gasteiger partial charge on any atom is 0.321 e. The van der Waals surface area contributed by atoms with Crippen molar-refractivity contribution in [3.63, 3.8) is 0 Å². The summed E-state index contributed by atoms with van der Waals surface area (Å²) >= 11 is 1.32. The van der Waals surface area contributed by atoms with Gasteiger partial charge in [-0.1, -0.05) is 18.2 Å². The van der Waals surface area contributed by atoms with Gasteiger partial charge in [0.15, 0.2) is 0 Å². The highest BCUT2D eigenvalue weighted by atomic mass is 32.2. The SMILES string of the molecule is COc1ccc2cc(C(SC)C(=O)O)ccc2c1. The molecule has 1 N–H and O–H groups in total. The van der Waals surface area contributed by atoms with Crippen LogP contribution in [-0.2, 0) is 4.79 Å². The second kappa shape index (κ2) is 5.31. The van der Waals surface area contributed by atoms with Gasteiger partial charge in [-0.15, -0.1) is 11.8 Å². The Morgan fingerprint density at radius 3 is 2.50 bits per heavy atom. The maximum atomic E-state index is 11.1. The molecular weight excluding hydrogens is 248 g/mol. The molecule has 18 heavy (non-hydrogen) atoms. The van der Waals surface area contributed by atoms with Gasteiger partial charge in [-0.3, -0.25) is 4.79 Å². The standard InChI is InChI=1S/C14H14O3S/c1-17-12-6-5-9-7-11(4-3-10(9)8-12)13(18-2)14(15)16/h3-8,13H,1-2H3,(H,15,16). The highest BCUT2D eigenvalue weighted by Gasteiger charge is 2.18. The first-order valence-corrected chi connectivity index (χ1v) is 6.78. The Labute approximate surface area is 110 Å². The second-order valence-corrected chi connectivity index (χ2v) is 4.87. The molecule has 0 aliphatic rings. The molecule has 94 valence electrons. The van der Waals surface area contributed by atoms with E-state index in [4.69, 9.17) is 9.84 Å². The van der Waals surface area contributed by atoms with E-state index in [0.717, 1.165) is 22.1 Å². The fraction of sp³-hybridized carbons (Fsp3) is 0.214. The van der Waals surface area contributed by atoms with Gasteiger partial charge in [-0.25, -0.2) is 0 Å². The van der Waals surface area contributed by atoms with Gasteiger partial charge >= 0.3 is 5.97 Å². The van der Waals surface area contributed by atoms with Crippen LogP contribution in [0.4, 0.5) is 0 Å². The van der Waals surface area contributed by atoms with Crippen molar-refractivity contribution in [1.82, 2.24) is 0 Å². The topological polar surface area (TPSA) is 46.5 Å². The van der Waals surface area contributed by atoms with Gasteiger partial charge in [0.25, 0.3) is 0 Å². The minimum atomic E-state index is -0.810. The van der Waals surface area contributed by atoms with Gasteiger partial charge in [-0.2, -0.15) is 0 Å². The third kappa shape index (κ3) is 2.43. The molecule has 0 aliphatic heterocycles. The largest absolute Gasteiger partial charge is 0.497 e.